The lowest BCUT2D eigenvalue weighted by atomic mass is 9.98. The van der Waals surface area contributed by atoms with Crippen LogP contribution in [0.1, 0.15) is 19.3 Å². The van der Waals surface area contributed by atoms with Crippen molar-refractivity contribution in [2.75, 3.05) is 18.6 Å². The maximum Gasteiger partial charge on any atom is 0.305 e. The topological polar surface area (TPSA) is 46.5 Å². The fourth-order valence-corrected chi connectivity index (χ4v) is 2.79. The molecule has 0 aromatic carbocycles. The first-order valence-electron chi connectivity index (χ1n) is 4.56. The second-order valence-corrected chi connectivity index (χ2v) is 4.46. The summed E-state index contributed by atoms with van der Waals surface area (Å²) < 4.78 is 4.51. The number of hydrogen-bond acceptors (Lipinski definition) is 4. The summed E-state index contributed by atoms with van der Waals surface area (Å²) in [5.74, 6) is 2.32. The molecule has 0 aromatic heterocycles. The van der Waals surface area contributed by atoms with Gasteiger partial charge in [0.25, 0.3) is 0 Å². The van der Waals surface area contributed by atoms with Gasteiger partial charge in [-0.15, -0.1) is 0 Å². The zero-order valence-corrected chi connectivity index (χ0v) is 8.68. The Balaban J connectivity index is 2.16. The predicted molar refractivity (Wildman–Crippen MR) is 52.7 cm³/mol. The normalized spacial score (nSPS) is 24.3. The molecule has 1 aliphatic rings. The molecule has 0 radical (unpaired) electrons. The Bertz CT molecular complexity index is 166. The first-order valence-corrected chi connectivity index (χ1v) is 5.72. The Morgan fingerprint density at radius 3 is 3.08 bits per heavy atom. The average molecular weight is 204 g/mol. The van der Waals surface area contributed by atoms with Gasteiger partial charge >= 0.3 is 5.97 Å². The van der Waals surface area contributed by atoms with Gasteiger partial charge in [-0.3, -0.25) is 4.79 Å². The van der Waals surface area contributed by atoms with Crippen molar-refractivity contribution < 1.29 is 14.6 Å². The van der Waals surface area contributed by atoms with Gasteiger partial charge in [-0.2, -0.15) is 11.8 Å². The molecule has 1 fully saturated rings. The van der Waals surface area contributed by atoms with Crippen molar-refractivity contribution in [3.05, 3.63) is 0 Å². The van der Waals surface area contributed by atoms with Crippen LogP contribution in [0.25, 0.3) is 0 Å². The summed E-state index contributed by atoms with van der Waals surface area (Å²) in [6.45, 7) is 0. The molecule has 3 nitrogen and oxygen atoms in total. The van der Waals surface area contributed by atoms with Gasteiger partial charge in [-0.25, -0.2) is 0 Å². The molecule has 2 atom stereocenters. The lowest BCUT2D eigenvalue weighted by molar-refractivity contribution is -0.141. The molecule has 0 saturated carbocycles. The van der Waals surface area contributed by atoms with E-state index in [9.17, 15) is 9.90 Å². The van der Waals surface area contributed by atoms with Crippen molar-refractivity contribution >= 4 is 17.7 Å². The summed E-state index contributed by atoms with van der Waals surface area (Å²) in [6.07, 6.45) is 1.62. The number of carbonyl (C=O) groups excluding carboxylic acids is 1. The van der Waals surface area contributed by atoms with Gasteiger partial charge in [0.15, 0.2) is 0 Å². The maximum absolute atomic E-state index is 10.8. The molecule has 13 heavy (non-hydrogen) atoms. The van der Waals surface area contributed by atoms with Crippen LogP contribution < -0.4 is 0 Å². The van der Waals surface area contributed by atoms with E-state index in [2.05, 4.69) is 4.74 Å². The second kappa shape index (κ2) is 5.50. The molecule has 0 amide bonds. The third-order valence-corrected chi connectivity index (χ3v) is 3.57. The number of aliphatic hydroxyl groups is 1. The van der Waals surface area contributed by atoms with Crippen molar-refractivity contribution in [1.29, 1.82) is 0 Å². The minimum absolute atomic E-state index is 0.232. The lowest BCUT2D eigenvalue weighted by Crippen LogP contribution is -2.21. The number of aliphatic hydroxyl groups excluding tert-OH is 1. The fourth-order valence-electron chi connectivity index (χ4n) is 1.46. The highest BCUT2D eigenvalue weighted by atomic mass is 32.2. The van der Waals surface area contributed by atoms with E-state index in [0.717, 1.165) is 17.9 Å². The Morgan fingerprint density at radius 1 is 1.77 bits per heavy atom. The quantitative estimate of drug-likeness (QED) is 0.695. The zero-order chi connectivity index (χ0) is 9.68. The van der Waals surface area contributed by atoms with E-state index in [1.54, 1.807) is 0 Å². The number of carbonyl (C=O) groups is 1. The minimum atomic E-state index is -0.325. The molecule has 0 bridgehead atoms. The van der Waals surface area contributed by atoms with Crippen LogP contribution in [0.2, 0.25) is 0 Å². The Kier molecular flexibility index (Phi) is 4.59. The van der Waals surface area contributed by atoms with Crippen LogP contribution in [0.4, 0.5) is 0 Å². The third-order valence-electron chi connectivity index (χ3n) is 2.38. The number of hydrogen-bond donors (Lipinski definition) is 1. The molecule has 1 aliphatic heterocycles. The zero-order valence-electron chi connectivity index (χ0n) is 7.86. The smallest absolute Gasteiger partial charge is 0.305 e. The molecule has 1 N–H and O–H groups in total. The van der Waals surface area contributed by atoms with E-state index in [0.29, 0.717) is 18.8 Å². The van der Waals surface area contributed by atoms with Gasteiger partial charge in [0.1, 0.15) is 0 Å². The molecular formula is C9H16O3S. The van der Waals surface area contributed by atoms with E-state index in [4.69, 9.17) is 0 Å². The van der Waals surface area contributed by atoms with Crippen LogP contribution in [-0.2, 0) is 9.53 Å². The van der Waals surface area contributed by atoms with E-state index < -0.39 is 0 Å². The summed E-state index contributed by atoms with van der Waals surface area (Å²) >= 11 is 1.87. The largest absolute Gasteiger partial charge is 0.469 e. The van der Waals surface area contributed by atoms with Crippen molar-refractivity contribution in [3.63, 3.8) is 0 Å². The summed E-state index contributed by atoms with van der Waals surface area (Å²) in [5, 5.41) is 9.67. The van der Waals surface area contributed by atoms with Crippen LogP contribution >= 0.6 is 11.8 Å². The highest BCUT2D eigenvalue weighted by Gasteiger charge is 2.23. The molecule has 76 valence electrons. The molecule has 1 saturated heterocycles. The summed E-state index contributed by atoms with van der Waals surface area (Å²) in [4.78, 5) is 10.8. The van der Waals surface area contributed by atoms with Crippen LogP contribution in [0.15, 0.2) is 0 Å². The molecule has 0 aromatic rings. The number of ether oxygens (including phenoxy) is 1. The maximum atomic E-state index is 10.8. The van der Waals surface area contributed by atoms with Crippen molar-refractivity contribution in [3.8, 4) is 0 Å². The van der Waals surface area contributed by atoms with Gasteiger partial charge in [0.05, 0.1) is 13.2 Å². The number of rotatable bonds is 4. The van der Waals surface area contributed by atoms with E-state index in [1.165, 1.54) is 7.11 Å². The average Bonchev–Trinajstić information content (AvgIpc) is 2.66. The molecule has 1 heterocycles. The summed E-state index contributed by atoms with van der Waals surface area (Å²) in [7, 11) is 1.38. The monoisotopic (exact) mass is 204 g/mol. The van der Waals surface area contributed by atoms with Crippen LogP contribution in [0, 0.1) is 5.92 Å². The first-order chi connectivity index (χ1) is 6.24. The Labute approximate surface area is 82.8 Å². The van der Waals surface area contributed by atoms with Crippen LogP contribution in [0.3, 0.4) is 0 Å². The molecular weight excluding hydrogens is 188 g/mol. The second-order valence-electron chi connectivity index (χ2n) is 3.31. The Morgan fingerprint density at radius 2 is 2.54 bits per heavy atom. The highest BCUT2D eigenvalue weighted by Crippen LogP contribution is 2.27. The fraction of sp³-hybridized carbons (Fsp3) is 0.889. The van der Waals surface area contributed by atoms with E-state index in [-0.39, 0.29) is 12.1 Å². The van der Waals surface area contributed by atoms with Crippen LogP contribution in [0.5, 0.6) is 0 Å². The molecule has 0 spiro atoms. The minimum Gasteiger partial charge on any atom is -0.469 e. The number of thioether (sulfide) groups is 1. The predicted octanol–water partition coefficient (Wildman–Crippen LogP) is 1.05. The third kappa shape index (κ3) is 3.56. The molecule has 2 unspecified atom stereocenters. The van der Waals surface area contributed by atoms with Gasteiger partial charge < -0.3 is 9.84 Å². The standard InChI is InChI=1S/C9H16O3S/c1-12-9(11)3-2-8(10)7-4-5-13-6-7/h7-8,10H,2-6H2,1H3. The van der Waals surface area contributed by atoms with E-state index in [1.807, 2.05) is 11.8 Å². The molecule has 0 aliphatic carbocycles. The number of methoxy groups -OCH3 is 1. The number of esters is 1. The van der Waals surface area contributed by atoms with Crippen molar-refractivity contribution in [2.45, 2.75) is 25.4 Å². The molecule has 4 heteroatoms. The van der Waals surface area contributed by atoms with Gasteiger partial charge in [0, 0.05) is 6.42 Å². The van der Waals surface area contributed by atoms with Gasteiger partial charge in [-0.1, -0.05) is 0 Å². The van der Waals surface area contributed by atoms with Crippen molar-refractivity contribution in [1.82, 2.24) is 0 Å². The van der Waals surface area contributed by atoms with Crippen LogP contribution in [-0.4, -0.2) is 35.8 Å². The summed E-state index contributed by atoms with van der Waals surface area (Å²) in [6, 6.07) is 0. The Hall–Kier alpha value is -0.220. The van der Waals surface area contributed by atoms with Crippen molar-refractivity contribution in [2.24, 2.45) is 5.92 Å². The van der Waals surface area contributed by atoms with Gasteiger partial charge in [-0.05, 0) is 30.3 Å². The first kappa shape index (κ1) is 10.9. The molecule has 1 rings (SSSR count). The van der Waals surface area contributed by atoms with Gasteiger partial charge in [0.2, 0.25) is 0 Å². The summed E-state index contributed by atoms with van der Waals surface area (Å²) in [5.41, 5.74) is 0. The lowest BCUT2D eigenvalue weighted by Gasteiger charge is -2.15. The highest BCUT2D eigenvalue weighted by molar-refractivity contribution is 7.99. The van der Waals surface area contributed by atoms with E-state index >= 15 is 0 Å². The SMILES string of the molecule is COC(=O)CCC(O)C1CCSC1.